The second-order valence-corrected chi connectivity index (χ2v) is 8.96. The Kier molecular flexibility index (Phi) is 5.22. The van der Waals surface area contributed by atoms with Crippen molar-refractivity contribution in [2.75, 3.05) is 5.32 Å². The molecule has 0 radical (unpaired) electrons. The Morgan fingerprint density at radius 3 is 2.31 bits per heavy atom. The highest BCUT2D eigenvalue weighted by Crippen LogP contribution is 2.28. The zero-order valence-electron chi connectivity index (χ0n) is 16.1. The van der Waals surface area contributed by atoms with Crippen molar-refractivity contribution < 1.29 is 13.2 Å². The van der Waals surface area contributed by atoms with E-state index in [1.807, 2.05) is 61.5 Å². The summed E-state index contributed by atoms with van der Waals surface area (Å²) in [6, 6.07) is 21.7. The minimum Gasteiger partial charge on any atom is -0.326 e. The molecule has 1 atom stereocenters. The van der Waals surface area contributed by atoms with E-state index in [0.717, 1.165) is 22.3 Å². The van der Waals surface area contributed by atoms with E-state index in [1.54, 1.807) is 12.1 Å². The lowest BCUT2D eigenvalue weighted by Crippen LogP contribution is -2.30. The lowest BCUT2D eigenvalue weighted by atomic mass is 9.99. The maximum absolute atomic E-state index is 13.2. The van der Waals surface area contributed by atoms with Gasteiger partial charge in [0.15, 0.2) is 0 Å². The molecule has 4 rings (SSSR count). The standard InChI is InChI=1S/C23H22N2O3S/c1-16-7-9-18(10-8-16)23(17-5-3-2-4-6-17)25-29(27,28)20-12-13-21-19(15-20)11-14-22(26)24-21/h2-10,12-13,15,23,25H,11,14H2,1H3,(H,24,26)/t23-/m1/s1. The van der Waals surface area contributed by atoms with Gasteiger partial charge in [0.2, 0.25) is 15.9 Å². The third-order valence-corrected chi connectivity index (χ3v) is 6.52. The van der Waals surface area contributed by atoms with Gasteiger partial charge in [0.05, 0.1) is 10.9 Å². The van der Waals surface area contributed by atoms with E-state index >= 15 is 0 Å². The van der Waals surface area contributed by atoms with Crippen LogP contribution < -0.4 is 10.0 Å². The molecule has 0 bridgehead atoms. The number of rotatable bonds is 5. The van der Waals surface area contributed by atoms with Crippen LogP contribution in [-0.4, -0.2) is 14.3 Å². The van der Waals surface area contributed by atoms with Crippen LogP contribution in [0.2, 0.25) is 0 Å². The number of hydrogen-bond donors (Lipinski definition) is 2. The second kappa shape index (κ2) is 7.81. The Bertz CT molecular complexity index is 1140. The second-order valence-electron chi connectivity index (χ2n) is 7.24. The van der Waals surface area contributed by atoms with E-state index < -0.39 is 16.1 Å². The summed E-state index contributed by atoms with van der Waals surface area (Å²) >= 11 is 0. The Balaban J connectivity index is 1.70. The molecule has 1 heterocycles. The fourth-order valence-corrected chi connectivity index (χ4v) is 4.75. The number of fused-ring (bicyclic) bond motifs is 1. The first-order chi connectivity index (χ1) is 13.9. The molecule has 1 aliphatic rings. The summed E-state index contributed by atoms with van der Waals surface area (Å²) in [6.07, 6.45) is 0.893. The van der Waals surface area contributed by atoms with E-state index in [0.29, 0.717) is 18.5 Å². The normalized spacial score (nSPS) is 14.7. The first kappa shape index (κ1) is 19.4. The fourth-order valence-electron chi connectivity index (χ4n) is 3.48. The predicted octanol–water partition coefficient (Wildman–Crippen LogP) is 3.95. The summed E-state index contributed by atoms with van der Waals surface area (Å²) in [5, 5.41) is 2.78. The molecular weight excluding hydrogens is 384 g/mol. The van der Waals surface area contributed by atoms with Gasteiger partial charge in [0.1, 0.15) is 0 Å². The van der Waals surface area contributed by atoms with Gasteiger partial charge in [0.25, 0.3) is 0 Å². The number of amides is 1. The van der Waals surface area contributed by atoms with Crippen LogP contribution in [-0.2, 0) is 21.2 Å². The largest absolute Gasteiger partial charge is 0.326 e. The van der Waals surface area contributed by atoms with Crippen molar-refractivity contribution in [1.29, 1.82) is 0 Å². The summed E-state index contributed by atoms with van der Waals surface area (Å²) in [6.45, 7) is 2.00. The van der Waals surface area contributed by atoms with Crippen LogP contribution in [0.1, 0.15) is 34.7 Å². The zero-order valence-corrected chi connectivity index (χ0v) is 16.9. The number of sulfonamides is 1. The predicted molar refractivity (Wildman–Crippen MR) is 113 cm³/mol. The van der Waals surface area contributed by atoms with Crippen molar-refractivity contribution in [2.24, 2.45) is 0 Å². The zero-order chi connectivity index (χ0) is 20.4. The van der Waals surface area contributed by atoms with Crippen LogP contribution in [0.25, 0.3) is 0 Å². The average molecular weight is 407 g/mol. The lowest BCUT2D eigenvalue weighted by molar-refractivity contribution is -0.116. The average Bonchev–Trinajstić information content (AvgIpc) is 2.73. The van der Waals surface area contributed by atoms with Gasteiger partial charge < -0.3 is 5.32 Å². The molecule has 3 aromatic rings. The number of carbonyl (C=O) groups excluding carboxylic acids is 1. The molecule has 3 aromatic carbocycles. The van der Waals surface area contributed by atoms with Crippen LogP contribution in [0.15, 0.2) is 77.7 Å². The molecule has 0 unspecified atom stereocenters. The van der Waals surface area contributed by atoms with Crippen molar-refractivity contribution in [1.82, 2.24) is 4.72 Å². The van der Waals surface area contributed by atoms with E-state index in [2.05, 4.69) is 10.0 Å². The van der Waals surface area contributed by atoms with E-state index in [1.165, 1.54) is 6.07 Å². The first-order valence-electron chi connectivity index (χ1n) is 9.49. The highest BCUT2D eigenvalue weighted by atomic mass is 32.2. The van der Waals surface area contributed by atoms with Gasteiger partial charge in [0, 0.05) is 12.1 Å². The minimum atomic E-state index is -3.78. The van der Waals surface area contributed by atoms with Gasteiger partial charge in [-0.3, -0.25) is 4.79 Å². The first-order valence-corrected chi connectivity index (χ1v) is 11.0. The van der Waals surface area contributed by atoms with Gasteiger partial charge in [-0.1, -0.05) is 60.2 Å². The maximum Gasteiger partial charge on any atom is 0.241 e. The molecule has 148 valence electrons. The molecule has 29 heavy (non-hydrogen) atoms. The van der Waals surface area contributed by atoms with Gasteiger partial charge >= 0.3 is 0 Å². The minimum absolute atomic E-state index is 0.0465. The quantitative estimate of drug-likeness (QED) is 0.674. The summed E-state index contributed by atoms with van der Waals surface area (Å²) in [5.41, 5.74) is 4.36. The topological polar surface area (TPSA) is 75.3 Å². The molecule has 0 saturated heterocycles. The van der Waals surface area contributed by atoms with Crippen LogP contribution >= 0.6 is 0 Å². The lowest BCUT2D eigenvalue weighted by Gasteiger charge is -2.21. The molecule has 0 aromatic heterocycles. The summed E-state index contributed by atoms with van der Waals surface area (Å²) in [7, 11) is -3.78. The molecular formula is C23H22N2O3S. The number of anilines is 1. The van der Waals surface area contributed by atoms with Gasteiger partial charge in [-0.2, -0.15) is 4.72 Å². The monoisotopic (exact) mass is 406 g/mol. The number of benzene rings is 3. The Labute approximate surface area is 170 Å². The van der Waals surface area contributed by atoms with Crippen molar-refractivity contribution in [2.45, 2.75) is 30.7 Å². The van der Waals surface area contributed by atoms with Crippen LogP contribution in [0.3, 0.4) is 0 Å². The highest BCUT2D eigenvalue weighted by molar-refractivity contribution is 7.89. The number of aryl methyl sites for hydroxylation is 2. The molecule has 0 fully saturated rings. The smallest absolute Gasteiger partial charge is 0.241 e. The van der Waals surface area contributed by atoms with E-state index in [9.17, 15) is 13.2 Å². The molecule has 1 amide bonds. The summed E-state index contributed by atoms with van der Waals surface area (Å²) in [4.78, 5) is 11.7. The molecule has 2 N–H and O–H groups in total. The molecule has 1 aliphatic heterocycles. The third-order valence-electron chi connectivity index (χ3n) is 5.10. The number of carbonyl (C=O) groups is 1. The van der Waals surface area contributed by atoms with E-state index in [-0.39, 0.29) is 10.8 Å². The van der Waals surface area contributed by atoms with E-state index in [4.69, 9.17) is 0 Å². The van der Waals surface area contributed by atoms with Gasteiger partial charge in [-0.05, 0) is 48.2 Å². The van der Waals surface area contributed by atoms with Crippen molar-refractivity contribution in [3.8, 4) is 0 Å². The van der Waals surface area contributed by atoms with Crippen LogP contribution in [0.4, 0.5) is 5.69 Å². The van der Waals surface area contributed by atoms with Crippen molar-refractivity contribution in [3.05, 3.63) is 95.1 Å². The number of hydrogen-bond acceptors (Lipinski definition) is 3. The molecule has 6 heteroatoms. The SMILES string of the molecule is Cc1ccc([C@H](NS(=O)(=O)c2ccc3c(c2)CCC(=O)N3)c2ccccc2)cc1. The van der Waals surface area contributed by atoms with Gasteiger partial charge in [-0.25, -0.2) is 8.42 Å². The Morgan fingerprint density at radius 2 is 1.59 bits per heavy atom. The summed E-state index contributed by atoms with van der Waals surface area (Å²) < 4.78 is 29.3. The van der Waals surface area contributed by atoms with Crippen LogP contribution in [0.5, 0.6) is 0 Å². The number of nitrogens with one attached hydrogen (secondary N) is 2. The summed E-state index contributed by atoms with van der Waals surface area (Å²) in [5.74, 6) is -0.0465. The molecule has 0 spiro atoms. The maximum atomic E-state index is 13.2. The fraction of sp³-hybridized carbons (Fsp3) is 0.174. The molecule has 0 aliphatic carbocycles. The molecule has 5 nitrogen and oxygen atoms in total. The molecule has 0 saturated carbocycles. The highest BCUT2D eigenvalue weighted by Gasteiger charge is 2.25. The van der Waals surface area contributed by atoms with Gasteiger partial charge in [-0.15, -0.1) is 0 Å². The third kappa shape index (κ3) is 4.23. The van der Waals surface area contributed by atoms with Crippen molar-refractivity contribution in [3.63, 3.8) is 0 Å². The Morgan fingerprint density at radius 1 is 0.897 bits per heavy atom. The Hall–Kier alpha value is -2.96. The van der Waals surface area contributed by atoms with Crippen LogP contribution in [0, 0.1) is 6.92 Å². The van der Waals surface area contributed by atoms with Crippen molar-refractivity contribution >= 4 is 21.6 Å².